The fourth-order valence-corrected chi connectivity index (χ4v) is 12.5. The Hall–Kier alpha value is -3.31. The summed E-state index contributed by atoms with van der Waals surface area (Å²) < 4.78 is 46.7. The minimum atomic E-state index is -3.59. The van der Waals surface area contributed by atoms with Gasteiger partial charge in [0, 0.05) is 67.4 Å². The summed E-state index contributed by atoms with van der Waals surface area (Å²) in [5.41, 5.74) is 2.17. The molecule has 15 heteroatoms. The summed E-state index contributed by atoms with van der Waals surface area (Å²) >= 11 is 3.40. The molecule has 2 unspecified atom stereocenters. The lowest BCUT2D eigenvalue weighted by Crippen LogP contribution is -2.50. The fraction of sp³-hybridized carbons (Fsp3) is 0.591. The predicted molar refractivity (Wildman–Crippen MR) is 240 cm³/mol. The van der Waals surface area contributed by atoms with E-state index < -0.39 is 10.2 Å². The van der Waals surface area contributed by atoms with Crippen LogP contribution in [0.4, 0.5) is 11.6 Å². The molecule has 0 bridgehead atoms. The Morgan fingerprint density at radius 3 is 1.83 bits per heavy atom. The zero-order valence-corrected chi connectivity index (χ0v) is 37.2. The van der Waals surface area contributed by atoms with Crippen molar-refractivity contribution in [2.75, 3.05) is 88.4 Å². The number of aromatic nitrogens is 2. The lowest BCUT2D eigenvalue weighted by molar-refractivity contribution is 0.0729. The summed E-state index contributed by atoms with van der Waals surface area (Å²) in [6, 6.07) is 17.8. The average molecular weight is 864 g/mol. The van der Waals surface area contributed by atoms with Gasteiger partial charge in [-0.25, -0.2) is 14.3 Å². The molecule has 2 aromatic heterocycles. The van der Waals surface area contributed by atoms with E-state index >= 15 is 0 Å². The molecule has 5 aliphatic rings. The standard InChI is InChI=1S/C24H34N4O4S2.C20H27N3OS/c1-19-5-2-11-26(19)12-4-16-32-21-9-7-20(8-10-21)24-25-23-22(33-24)6-3-13-28(23)34(29,30)27-14-17-31-18-15-27;1-15-5-3-12-23(15)13-4-14-24-17-9-7-16(8-10-17)20-22-19-18(25-20)6-2-11-21-19/h7-10,19H,2-6,11-18H2,1H3;7-10,15,21H,2-6,11-14H2,1H3. The van der Waals surface area contributed by atoms with Crippen molar-refractivity contribution in [3.05, 3.63) is 58.3 Å². The molecule has 3 fully saturated rings. The van der Waals surface area contributed by atoms with Gasteiger partial charge in [-0.05, 0) is 140 Å². The third kappa shape index (κ3) is 10.6. The molecule has 2 aromatic carbocycles. The lowest BCUT2D eigenvalue weighted by Gasteiger charge is -2.34. The van der Waals surface area contributed by atoms with Gasteiger partial charge in [-0.3, -0.25) is 0 Å². The SMILES string of the molecule is CC1CCCN1CCCOc1ccc(-c2nc3c(s2)CCCN3)cc1.CC1CCCN1CCCOc1ccc(-c2nc3c(s2)CCCN3S(=O)(=O)N2CCOCC2)cc1. The van der Waals surface area contributed by atoms with Gasteiger partial charge in [0.25, 0.3) is 0 Å². The van der Waals surface area contributed by atoms with Gasteiger partial charge in [0.2, 0.25) is 0 Å². The molecule has 0 amide bonds. The number of ether oxygens (including phenoxy) is 3. The zero-order valence-electron chi connectivity index (χ0n) is 34.8. The number of anilines is 2. The second-order valence-electron chi connectivity index (χ2n) is 16.3. The van der Waals surface area contributed by atoms with Gasteiger partial charge in [0.1, 0.15) is 27.3 Å². The number of hydrogen-bond donors (Lipinski definition) is 1. The summed E-state index contributed by atoms with van der Waals surface area (Å²) in [4.78, 5) is 17.1. The smallest absolute Gasteiger partial charge is 0.305 e. The van der Waals surface area contributed by atoms with E-state index in [0.717, 1.165) is 102 Å². The van der Waals surface area contributed by atoms with Crippen molar-refractivity contribution >= 4 is 44.5 Å². The van der Waals surface area contributed by atoms with E-state index in [1.807, 2.05) is 35.6 Å². The maximum absolute atomic E-state index is 13.3. The highest BCUT2D eigenvalue weighted by Crippen LogP contribution is 2.39. The van der Waals surface area contributed by atoms with Crippen molar-refractivity contribution in [3.8, 4) is 32.6 Å². The number of thiazole rings is 2. The van der Waals surface area contributed by atoms with Crippen LogP contribution < -0.4 is 19.1 Å². The maximum atomic E-state index is 13.3. The number of nitrogens with zero attached hydrogens (tertiary/aromatic N) is 6. The third-order valence-electron chi connectivity index (χ3n) is 12.1. The van der Waals surface area contributed by atoms with Gasteiger partial charge >= 0.3 is 10.2 Å². The van der Waals surface area contributed by atoms with Crippen LogP contribution in [0.3, 0.4) is 0 Å². The Morgan fingerprint density at radius 2 is 1.27 bits per heavy atom. The van der Waals surface area contributed by atoms with Crippen molar-refractivity contribution < 1.29 is 22.6 Å². The molecule has 2 atom stereocenters. The summed E-state index contributed by atoms with van der Waals surface area (Å²) in [7, 11) is -3.59. The number of morpholine rings is 1. The lowest BCUT2D eigenvalue weighted by atomic mass is 10.2. The van der Waals surface area contributed by atoms with Crippen molar-refractivity contribution in [1.29, 1.82) is 0 Å². The molecule has 7 heterocycles. The molecular formula is C44H61N7O5S3. The van der Waals surface area contributed by atoms with Crippen molar-refractivity contribution in [1.82, 2.24) is 24.1 Å². The molecule has 0 saturated carbocycles. The van der Waals surface area contributed by atoms with Gasteiger partial charge < -0.3 is 29.3 Å². The van der Waals surface area contributed by atoms with E-state index in [1.165, 1.54) is 64.2 Å². The largest absolute Gasteiger partial charge is 0.494 e. The number of likely N-dealkylation sites (tertiary alicyclic amines) is 2. The first-order valence-corrected chi connectivity index (χ1v) is 24.9. The Morgan fingerprint density at radius 1 is 0.712 bits per heavy atom. The Kier molecular flexibility index (Phi) is 14.4. The average Bonchev–Trinajstić information content (AvgIpc) is 4.09. The molecule has 3 saturated heterocycles. The van der Waals surface area contributed by atoms with Crippen LogP contribution in [0.5, 0.6) is 11.5 Å². The van der Waals surface area contributed by atoms with Crippen molar-refractivity contribution in [2.24, 2.45) is 0 Å². The molecule has 4 aromatic rings. The summed E-state index contributed by atoms with van der Waals surface area (Å²) in [5, 5.41) is 5.35. The highest BCUT2D eigenvalue weighted by atomic mass is 32.2. The van der Waals surface area contributed by atoms with E-state index in [9.17, 15) is 8.42 Å². The number of rotatable bonds is 14. The van der Waals surface area contributed by atoms with E-state index in [0.29, 0.717) is 51.3 Å². The van der Waals surface area contributed by atoms with E-state index in [1.54, 1.807) is 11.3 Å². The zero-order chi connectivity index (χ0) is 40.6. The van der Waals surface area contributed by atoms with Gasteiger partial charge in [-0.1, -0.05) is 0 Å². The first-order chi connectivity index (χ1) is 28.8. The number of aryl methyl sites for hydroxylation is 2. The molecule has 0 radical (unpaired) electrons. The highest BCUT2D eigenvalue weighted by Gasteiger charge is 2.36. The van der Waals surface area contributed by atoms with Crippen LogP contribution in [0.25, 0.3) is 21.1 Å². The van der Waals surface area contributed by atoms with Crippen LogP contribution in [-0.4, -0.2) is 123 Å². The first-order valence-electron chi connectivity index (χ1n) is 21.9. The second kappa shape index (κ2) is 20.0. The van der Waals surface area contributed by atoms with Gasteiger partial charge in [0.15, 0.2) is 5.82 Å². The number of benzene rings is 2. The van der Waals surface area contributed by atoms with Gasteiger partial charge in [-0.2, -0.15) is 12.7 Å². The Labute approximate surface area is 359 Å². The summed E-state index contributed by atoms with van der Waals surface area (Å²) in [5.74, 6) is 3.49. The van der Waals surface area contributed by atoms with Crippen LogP contribution in [0.2, 0.25) is 0 Å². The highest BCUT2D eigenvalue weighted by molar-refractivity contribution is 7.90. The van der Waals surface area contributed by atoms with Crippen LogP contribution >= 0.6 is 22.7 Å². The monoisotopic (exact) mass is 863 g/mol. The molecule has 9 rings (SSSR count). The van der Waals surface area contributed by atoms with Crippen LogP contribution in [0.15, 0.2) is 48.5 Å². The Bertz CT molecular complexity index is 2030. The molecule has 1 N–H and O–H groups in total. The minimum Gasteiger partial charge on any atom is -0.494 e. The van der Waals surface area contributed by atoms with Crippen LogP contribution in [0.1, 0.15) is 75.0 Å². The normalized spacial score (nSPS) is 21.4. The number of hydrogen-bond acceptors (Lipinski definition) is 12. The second-order valence-corrected chi connectivity index (χ2v) is 20.3. The summed E-state index contributed by atoms with van der Waals surface area (Å²) in [6.45, 7) is 14.0. The molecule has 0 aliphatic carbocycles. The maximum Gasteiger partial charge on any atom is 0.305 e. The number of nitrogens with one attached hydrogen (secondary N) is 1. The van der Waals surface area contributed by atoms with E-state index in [4.69, 9.17) is 24.2 Å². The molecule has 59 heavy (non-hydrogen) atoms. The van der Waals surface area contributed by atoms with Crippen LogP contribution in [-0.2, 0) is 27.8 Å². The predicted octanol–water partition coefficient (Wildman–Crippen LogP) is 7.81. The minimum absolute atomic E-state index is 0.393. The third-order valence-corrected chi connectivity index (χ3v) is 16.4. The quantitative estimate of drug-likeness (QED) is 0.126. The van der Waals surface area contributed by atoms with E-state index in [2.05, 4.69) is 53.2 Å². The molecule has 320 valence electrons. The molecule has 5 aliphatic heterocycles. The number of fused-ring (bicyclic) bond motifs is 2. The Balaban J connectivity index is 0.000000172. The van der Waals surface area contributed by atoms with Gasteiger partial charge in [-0.15, -0.1) is 22.7 Å². The first kappa shape index (κ1) is 42.4. The van der Waals surface area contributed by atoms with Crippen molar-refractivity contribution in [2.45, 2.75) is 90.1 Å². The molecular weight excluding hydrogens is 803 g/mol. The molecule has 12 nitrogen and oxygen atoms in total. The van der Waals surface area contributed by atoms with Crippen molar-refractivity contribution in [3.63, 3.8) is 0 Å². The molecule has 0 spiro atoms. The van der Waals surface area contributed by atoms with Crippen LogP contribution in [0, 0.1) is 0 Å². The van der Waals surface area contributed by atoms with E-state index in [-0.39, 0.29) is 0 Å². The fourth-order valence-electron chi connectivity index (χ4n) is 8.65. The summed E-state index contributed by atoms with van der Waals surface area (Å²) in [6.07, 6.45) is 11.4. The topological polar surface area (TPSA) is 113 Å². The van der Waals surface area contributed by atoms with Gasteiger partial charge in [0.05, 0.1) is 31.3 Å².